The monoisotopic (exact) mass is 244 g/mol. The highest BCUT2D eigenvalue weighted by Gasteiger charge is 2.22. The van der Waals surface area contributed by atoms with Crippen LogP contribution in [0.4, 0.5) is 5.69 Å². The Kier molecular flexibility index (Phi) is 2.56. The average Bonchev–Trinajstić information content (AvgIpc) is 2.35. The van der Waals surface area contributed by atoms with Gasteiger partial charge in [-0.2, -0.15) is 5.26 Å². The quantitative estimate of drug-likeness (QED) is 0.550. The molecule has 0 N–H and O–H groups in total. The van der Waals surface area contributed by atoms with Crippen LogP contribution in [-0.2, 0) is 7.05 Å². The minimum atomic E-state index is -0.724. The molecule has 2 rings (SSSR count). The van der Waals surface area contributed by atoms with Crippen LogP contribution >= 0.6 is 0 Å². The summed E-state index contributed by atoms with van der Waals surface area (Å²) < 4.78 is 1.16. The Balaban J connectivity index is 3.05. The molecular formula is C11H8N4O3. The number of nitro groups is 1. The molecule has 0 aromatic carbocycles. The van der Waals surface area contributed by atoms with Gasteiger partial charge in [-0.15, -0.1) is 0 Å². The fourth-order valence-electron chi connectivity index (χ4n) is 1.82. The van der Waals surface area contributed by atoms with Crippen LogP contribution in [0.1, 0.15) is 11.3 Å². The van der Waals surface area contributed by atoms with Gasteiger partial charge in [0.15, 0.2) is 0 Å². The lowest BCUT2D eigenvalue weighted by Crippen LogP contribution is -2.22. The van der Waals surface area contributed by atoms with Crippen LogP contribution in [0.15, 0.2) is 16.9 Å². The van der Waals surface area contributed by atoms with Crippen molar-refractivity contribution in [3.63, 3.8) is 0 Å². The number of hydrogen-bond acceptors (Lipinski definition) is 5. The van der Waals surface area contributed by atoms with Gasteiger partial charge in [-0.3, -0.25) is 14.9 Å². The summed E-state index contributed by atoms with van der Waals surface area (Å²) in [5.74, 6) is 0. The van der Waals surface area contributed by atoms with Crippen molar-refractivity contribution in [1.29, 1.82) is 5.26 Å². The van der Waals surface area contributed by atoms with Crippen molar-refractivity contribution in [2.24, 2.45) is 7.05 Å². The first-order valence-electron chi connectivity index (χ1n) is 5.02. The summed E-state index contributed by atoms with van der Waals surface area (Å²) in [6.07, 6.45) is 0. The summed E-state index contributed by atoms with van der Waals surface area (Å²) >= 11 is 0. The van der Waals surface area contributed by atoms with E-state index >= 15 is 0 Å². The van der Waals surface area contributed by atoms with Gasteiger partial charge in [0.1, 0.15) is 11.8 Å². The third kappa shape index (κ3) is 1.51. The van der Waals surface area contributed by atoms with Crippen LogP contribution in [0.25, 0.3) is 11.0 Å². The Morgan fingerprint density at radius 1 is 1.50 bits per heavy atom. The molecule has 2 aromatic rings. The molecule has 0 aliphatic heterocycles. The van der Waals surface area contributed by atoms with Crippen molar-refractivity contribution in [2.75, 3.05) is 0 Å². The molecule has 90 valence electrons. The Labute approximate surface area is 101 Å². The van der Waals surface area contributed by atoms with Crippen molar-refractivity contribution < 1.29 is 4.92 Å². The fraction of sp³-hybridized carbons (Fsp3) is 0.182. The van der Waals surface area contributed by atoms with E-state index in [9.17, 15) is 14.9 Å². The number of aryl methyl sites for hydroxylation is 2. The molecule has 2 heterocycles. The van der Waals surface area contributed by atoms with Gasteiger partial charge in [0.05, 0.1) is 21.5 Å². The van der Waals surface area contributed by atoms with Gasteiger partial charge in [0, 0.05) is 7.05 Å². The first-order chi connectivity index (χ1) is 8.47. The minimum Gasteiger partial charge on any atom is -0.304 e. The minimum absolute atomic E-state index is 0.151. The summed E-state index contributed by atoms with van der Waals surface area (Å²) in [4.78, 5) is 26.0. The second-order valence-corrected chi connectivity index (χ2v) is 3.77. The van der Waals surface area contributed by atoms with Crippen LogP contribution in [0.5, 0.6) is 0 Å². The summed E-state index contributed by atoms with van der Waals surface area (Å²) in [7, 11) is 1.44. The third-order valence-electron chi connectivity index (χ3n) is 2.75. The Morgan fingerprint density at radius 3 is 2.72 bits per heavy atom. The van der Waals surface area contributed by atoms with E-state index in [4.69, 9.17) is 5.26 Å². The lowest BCUT2D eigenvalue weighted by atomic mass is 10.1. The molecule has 0 spiro atoms. The van der Waals surface area contributed by atoms with E-state index in [2.05, 4.69) is 4.98 Å². The van der Waals surface area contributed by atoms with Crippen LogP contribution in [0.3, 0.4) is 0 Å². The summed E-state index contributed by atoms with van der Waals surface area (Å²) in [6, 6.07) is 4.88. The van der Waals surface area contributed by atoms with Crippen LogP contribution < -0.4 is 5.56 Å². The van der Waals surface area contributed by atoms with Gasteiger partial charge in [0.2, 0.25) is 0 Å². The number of pyridine rings is 2. The van der Waals surface area contributed by atoms with E-state index in [1.54, 1.807) is 6.07 Å². The highest BCUT2D eigenvalue weighted by atomic mass is 16.6. The predicted molar refractivity (Wildman–Crippen MR) is 63.1 cm³/mol. The number of nitrogens with zero attached hydrogens (tertiary/aromatic N) is 4. The maximum Gasteiger partial charge on any atom is 0.339 e. The molecule has 0 unspecified atom stereocenters. The number of aromatic nitrogens is 2. The lowest BCUT2D eigenvalue weighted by molar-refractivity contribution is -0.386. The molecule has 7 heteroatoms. The van der Waals surface area contributed by atoms with E-state index in [1.165, 1.54) is 20.0 Å². The zero-order chi connectivity index (χ0) is 13.4. The number of fused-ring (bicyclic) bond motifs is 1. The van der Waals surface area contributed by atoms with Crippen LogP contribution in [0.2, 0.25) is 0 Å². The average molecular weight is 244 g/mol. The highest BCUT2D eigenvalue weighted by Crippen LogP contribution is 2.21. The largest absolute Gasteiger partial charge is 0.339 e. The van der Waals surface area contributed by atoms with E-state index in [0.29, 0.717) is 11.0 Å². The zero-order valence-corrected chi connectivity index (χ0v) is 9.67. The Hall–Kier alpha value is -2.75. The summed E-state index contributed by atoms with van der Waals surface area (Å²) in [5, 5.41) is 19.7. The topological polar surface area (TPSA) is 102 Å². The van der Waals surface area contributed by atoms with Gasteiger partial charge in [-0.05, 0) is 19.1 Å². The van der Waals surface area contributed by atoms with E-state index in [0.717, 1.165) is 4.57 Å². The molecule has 0 aliphatic carbocycles. The number of rotatable bonds is 1. The van der Waals surface area contributed by atoms with Crippen molar-refractivity contribution in [3.05, 3.63) is 43.9 Å². The van der Waals surface area contributed by atoms with Crippen molar-refractivity contribution in [1.82, 2.24) is 9.55 Å². The first-order valence-corrected chi connectivity index (χ1v) is 5.02. The maximum absolute atomic E-state index is 11.8. The molecule has 0 saturated carbocycles. The van der Waals surface area contributed by atoms with Crippen LogP contribution in [-0.4, -0.2) is 14.5 Å². The molecule has 0 fully saturated rings. The number of hydrogen-bond donors (Lipinski definition) is 0. The Morgan fingerprint density at radius 2 is 2.17 bits per heavy atom. The van der Waals surface area contributed by atoms with E-state index < -0.39 is 16.2 Å². The SMILES string of the molecule is Cc1c([N+](=O)[O-])c(=O)n(C)c2ccc(C#N)nc12. The molecule has 0 saturated heterocycles. The second-order valence-electron chi connectivity index (χ2n) is 3.77. The fourth-order valence-corrected chi connectivity index (χ4v) is 1.82. The molecule has 0 atom stereocenters. The third-order valence-corrected chi connectivity index (χ3v) is 2.75. The molecule has 0 radical (unpaired) electrons. The Bertz CT molecular complexity index is 770. The van der Waals surface area contributed by atoms with E-state index in [-0.39, 0.29) is 11.3 Å². The smallest absolute Gasteiger partial charge is 0.304 e. The standard InChI is InChI=1S/C11H8N4O3/c1-6-9-8(4-3-7(5-12)13-9)14(2)11(16)10(6)15(17)18/h3-4H,1-2H3. The lowest BCUT2D eigenvalue weighted by Gasteiger charge is -2.07. The molecule has 7 nitrogen and oxygen atoms in total. The first kappa shape index (κ1) is 11.7. The summed E-state index contributed by atoms with van der Waals surface area (Å²) in [5.41, 5.74) is -0.109. The summed E-state index contributed by atoms with van der Waals surface area (Å²) in [6.45, 7) is 1.45. The highest BCUT2D eigenvalue weighted by molar-refractivity contribution is 5.81. The predicted octanol–water partition coefficient (Wildman–Crippen LogP) is 1.02. The normalized spacial score (nSPS) is 10.3. The second kappa shape index (κ2) is 3.92. The molecule has 0 amide bonds. The molecular weight excluding hydrogens is 236 g/mol. The van der Waals surface area contributed by atoms with Gasteiger partial charge in [-0.25, -0.2) is 4.98 Å². The van der Waals surface area contributed by atoms with E-state index in [1.807, 2.05) is 6.07 Å². The van der Waals surface area contributed by atoms with Gasteiger partial charge in [0.25, 0.3) is 0 Å². The van der Waals surface area contributed by atoms with Gasteiger partial charge in [-0.1, -0.05) is 0 Å². The van der Waals surface area contributed by atoms with Gasteiger partial charge >= 0.3 is 11.2 Å². The molecule has 0 bridgehead atoms. The molecule has 2 aromatic heterocycles. The molecule has 18 heavy (non-hydrogen) atoms. The molecule has 0 aliphatic rings. The van der Waals surface area contributed by atoms with Crippen LogP contribution in [0, 0.1) is 28.4 Å². The van der Waals surface area contributed by atoms with Crippen molar-refractivity contribution >= 4 is 16.7 Å². The zero-order valence-electron chi connectivity index (χ0n) is 9.67. The number of nitriles is 1. The van der Waals surface area contributed by atoms with Crippen molar-refractivity contribution in [3.8, 4) is 6.07 Å². The maximum atomic E-state index is 11.8. The van der Waals surface area contributed by atoms with Gasteiger partial charge < -0.3 is 4.57 Å². The van der Waals surface area contributed by atoms with Crippen molar-refractivity contribution in [2.45, 2.75) is 6.92 Å².